The van der Waals surface area contributed by atoms with Crippen molar-refractivity contribution in [3.05, 3.63) is 41.6 Å². The number of benzene rings is 1. The van der Waals surface area contributed by atoms with E-state index in [9.17, 15) is 5.11 Å². The fraction of sp³-hybridized carbons (Fsp3) is 0.250. The molecule has 4 nitrogen and oxygen atoms in total. The second-order valence-electron chi connectivity index (χ2n) is 3.82. The fourth-order valence-electron chi connectivity index (χ4n) is 1.51. The van der Waals surface area contributed by atoms with E-state index in [1.807, 2.05) is 36.9 Å². The smallest absolute Gasteiger partial charge is 0.148 e. The maximum absolute atomic E-state index is 9.31. The van der Waals surface area contributed by atoms with E-state index in [1.165, 1.54) is 0 Å². The van der Waals surface area contributed by atoms with E-state index in [0.717, 1.165) is 17.1 Å². The Kier molecular flexibility index (Phi) is 2.81. The normalized spacial score (nSPS) is 10.4. The molecule has 0 radical (unpaired) electrons. The Hall–Kier alpha value is -1.97. The molecule has 1 aromatic heterocycles. The van der Waals surface area contributed by atoms with Crippen molar-refractivity contribution in [1.82, 2.24) is 9.78 Å². The van der Waals surface area contributed by atoms with Crippen LogP contribution in [-0.2, 0) is 13.6 Å². The van der Waals surface area contributed by atoms with Gasteiger partial charge in [0.2, 0.25) is 0 Å². The molecule has 0 aliphatic heterocycles. The van der Waals surface area contributed by atoms with Gasteiger partial charge in [-0.15, -0.1) is 0 Å². The van der Waals surface area contributed by atoms with E-state index in [0.29, 0.717) is 6.54 Å². The summed E-state index contributed by atoms with van der Waals surface area (Å²) in [6.07, 6.45) is 0. The van der Waals surface area contributed by atoms with Crippen LogP contribution < -0.4 is 5.32 Å². The molecule has 0 aliphatic rings. The van der Waals surface area contributed by atoms with Crippen LogP contribution in [0, 0.1) is 6.92 Å². The summed E-state index contributed by atoms with van der Waals surface area (Å²) < 4.78 is 1.82. The van der Waals surface area contributed by atoms with E-state index >= 15 is 0 Å². The number of nitrogens with zero attached hydrogens (tertiary/aromatic N) is 2. The fourth-order valence-corrected chi connectivity index (χ4v) is 1.51. The predicted molar refractivity (Wildman–Crippen MR) is 63.4 cm³/mol. The Labute approximate surface area is 94.5 Å². The predicted octanol–water partition coefficient (Wildman–Crippen LogP) is 2.05. The summed E-state index contributed by atoms with van der Waals surface area (Å²) in [6.45, 7) is 2.66. The summed E-state index contributed by atoms with van der Waals surface area (Å²) >= 11 is 0. The number of phenols is 1. The molecule has 0 atom stereocenters. The molecule has 0 aliphatic carbocycles. The van der Waals surface area contributed by atoms with Crippen LogP contribution in [-0.4, -0.2) is 14.9 Å². The summed E-state index contributed by atoms with van der Waals surface area (Å²) in [5.41, 5.74) is 2.14. The van der Waals surface area contributed by atoms with Crippen molar-refractivity contribution in [2.75, 3.05) is 5.32 Å². The van der Waals surface area contributed by atoms with Crippen molar-refractivity contribution in [2.24, 2.45) is 7.05 Å². The van der Waals surface area contributed by atoms with Gasteiger partial charge < -0.3 is 10.4 Å². The van der Waals surface area contributed by atoms with Crippen molar-refractivity contribution in [3.8, 4) is 5.75 Å². The zero-order valence-corrected chi connectivity index (χ0v) is 9.44. The molecular formula is C12H15N3O. The zero-order chi connectivity index (χ0) is 11.5. The van der Waals surface area contributed by atoms with Crippen molar-refractivity contribution >= 4 is 5.82 Å². The molecule has 0 fully saturated rings. The number of hydrogen-bond acceptors (Lipinski definition) is 3. The van der Waals surface area contributed by atoms with Gasteiger partial charge in [0.05, 0.1) is 0 Å². The van der Waals surface area contributed by atoms with Crippen molar-refractivity contribution in [3.63, 3.8) is 0 Å². The summed E-state index contributed by atoms with van der Waals surface area (Å²) in [4.78, 5) is 0. The van der Waals surface area contributed by atoms with Gasteiger partial charge in [-0.25, -0.2) is 0 Å². The molecule has 4 heteroatoms. The van der Waals surface area contributed by atoms with Gasteiger partial charge in [-0.3, -0.25) is 4.68 Å². The molecule has 0 spiro atoms. The summed E-state index contributed by atoms with van der Waals surface area (Å²) in [5.74, 6) is 1.14. The van der Waals surface area contributed by atoms with Crippen LogP contribution in [0.2, 0.25) is 0 Å². The van der Waals surface area contributed by atoms with Crippen LogP contribution in [0.5, 0.6) is 5.75 Å². The SMILES string of the molecule is Cc1cc(NCc2cccc(O)c2)nn1C. The zero-order valence-electron chi connectivity index (χ0n) is 9.44. The van der Waals surface area contributed by atoms with Gasteiger partial charge in [-0.2, -0.15) is 5.10 Å². The van der Waals surface area contributed by atoms with Crippen LogP contribution >= 0.6 is 0 Å². The molecule has 84 valence electrons. The Balaban J connectivity index is 2.02. The van der Waals surface area contributed by atoms with Crippen LogP contribution in [0.4, 0.5) is 5.82 Å². The lowest BCUT2D eigenvalue weighted by atomic mass is 10.2. The average molecular weight is 217 g/mol. The second-order valence-corrected chi connectivity index (χ2v) is 3.82. The topological polar surface area (TPSA) is 50.1 Å². The Morgan fingerprint density at radius 2 is 2.19 bits per heavy atom. The third kappa shape index (κ3) is 2.34. The molecule has 0 saturated heterocycles. The van der Waals surface area contributed by atoms with Crippen molar-refractivity contribution in [1.29, 1.82) is 0 Å². The lowest BCUT2D eigenvalue weighted by molar-refractivity contribution is 0.474. The number of aromatic hydroxyl groups is 1. The number of phenolic OH excluding ortho intramolecular Hbond substituents is 1. The highest BCUT2D eigenvalue weighted by Crippen LogP contribution is 2.13. The van der Waals surface area contributed by atoms with E-state index in [1.54, 1.807) is 12.1 Å². The third-order valence-electron chi connectivity index (χ3n) is 2.50. The van der Waals surface area contributed by atoms with Gasteiger partial charge in [0.1, 0.15) is 11.6 Å². The first-order valence-electron chi connectivity index (χ1n) is 5.17. The highest BCUT2D eigenvalue weighted by Gasteiger charge is 2.00. The maximum Gasteiger partial charge on any atom is 0.148 e. The molecule has 2 aromatic rings. The molecule has 0 saturated carbocycles. The summed E-state index contributed by atoms with van der Waals surface area (Å²) in [6, 6.07) is 9.18. The number of aromatic nitrogens is 2. The average Bonchev–Trinajstić information content (AvgIpc) is 2.56. The molecule has 2 N–H and O–H groups in total. The minimum atomic E-state index is 0.288. The molecule has 1 heterocycles. The highest BCUT2D eigenvalue weighted by atomic mass is 16.3. The molecule has 0 bridgehead atoms. The number of nitrogens with one attached hydrogen (secondary N) is 1. The maximum atomic E-state index is 9.31. The van der Waals surface area contributed by atoms with E-state index < -0.39 is 0 Å². The highest BCUT2D eigenvalue weighted by molar-refractivity contribution is 5.37. The quantitative estimate of drug-likeness (QED) is 0.827. The Morgan fingerprint density at radius 1 is 1.38 bits per heavy atom. The molecule has 0 unspecified atom stereocenters. The van der Waals surface area contributed by atoms with Gasteiger partial charge in [-0.1, -0.05) is 12.1 Å². The first-order chi connectivity index (χ1) is 7.65. The first-order valence-corrected chi connectivity index (χ1v) is 5.17. The molecular weight excluding hydrogens is 202 g/mol. The van der Waals surface area contributed by atoms with Gasteiger partial charge in [0, 0.05) is 25.4 Å². The minimum absolute atomic E-state index is 0.288. The van der Waals surface area contributed by atoms with Gasteiger partial charge in [-0.05, 0) is 24.6 Å². The van der Waals surface area contributed by atoms with Crippen molar-refractivity contribution in [2.45, 2.75) is 13.5 Å². The number of rotatable bonds is 3. The lowest BCUT2D eigenvalue weighted by Crippen LogP contribution is -2.00. The second kappa shape index (κ2) is 4.26. The largest absolute Gasteiger partial charge is 0.508 e. The number of hydrogen-bond donors (Lipinski definition) is 2. The Morgan fingerprint density at radius 3 is 2.81 bits per heavy atom. The van der Waals surface area contributed by atoms with Gasteiger partial charge in [0.15, 0.2) is 0 Å². The number of anilines is 1. The number of aryl methyl sites for hydroxylation is 2. The van der Waals surface area contributed by atoms with E-state index in [4.69, 9.17) is 0 Å². The third-order valence-corrected chi connectivity index (χ3v) is 2.50. The Bertz CT molecular complexity index is 471. The van der Waals surface area contributed by atoms with E-state index in [2.05, 4.69) is 10.4 Å². The summed E-state index contributed by atoms with van der Waals surface area (Å²) in [5, 5.41) is 16.8. The van der Waals surface area contributed by atoms with Crippen LogP contribution in [0.1, 0.15) is 11.3 Å². The van der Waals surface area contributed by atoms with Gasteiger partial charge in [0.25, 0.3) is 0 Å². The molecule has 16 heavy (non-hydrogen) atoms. The first kappa shape index (κ1) is 10.5. The monoisotopic (exact) mass is 217 g/mol. The molecule has 1 aromatic carbocycles. The van der Waals surface area contributed by atoms with Crippen LogP contribution in [0.3, 0.4) is 0 Å². The minimum Gasteiger partial charge on any atom is -0.508 e. The lowest BCUT2D eigenvalue weighted by Gasteiger charge is -2.03. The standard InChI is InChI=1S/C12H15N3O/c1-9-6-12(14-15(9)2)13-8-10-4-3-5-11(16)7-10/h3-7,16H,8H2,1-2H3,(H,13,14). The van der Waals surface area contributed by atoms with Crippen LogP contribution in [0.15, 0.2) is 30.3 Å². The van der Waals surface area contributed by atoms with E-state index in [-0.39, 0.29) is 5.75 Å². The molecule has 2 rings (SSSR count). The van der Waals surface area contributed by atoms with Crippen LogP contribution in [0.25, 0.3) is 0 Å². The van der Waals surface area contributed by atoms with Gasteiger partial charge >= 0.3 is 0 Å². The van der Waals surface area contributed by atoms with Crippen molar-refractivity contribution < 1.29 is 5.11 Å². The molecule has 0 amide bonds. The summed E-state index contributed by atoms with van der Waals surface area (Å²) in [7, 11) is 1.91.